The summed E-state index contributed by atoms with van der Waals surface area (Å²) in [5.41, 5.74) is 5.69. The minimum absolute atomic E-state index is 0.0366. The molecule has 0 unspecified atom stereocenters. The van der Waals surface area contributed by atoms with Gasteiger partial charge < -0.3 is 11.1 Å². The second-order valence-corrected chi connectivity index (χ2v) is 5.67. The van der Waals surface area contributed by atoms with Gasteiger partial charge in [-0.1, -0.05) is 13.8 Å². The number of hydrogen-bond acceptors (Lipinski definition) is 3. The molecule has 0 spiro atoms. The first kappa shape index (κ1) is 15.1. The average Bonchev–Trinajstić information content (AvgIpc) is 2.30. The molecule has 0 radical (unpaired) electrons. The van der Waals surface area contributed by atoms with Crippen LogP contribution in [0.4, 0.5) is 5.82 Å². The first-order chi connectivity index (χ1) is 8.52. The largest absolute Gasteiger partial charge is 0.330 e. The van der Waals surface area contributed by atoms with Crippen molar-refractivity contribution >= 4 is 27.7 Å². The lowest BCUT2D eigenvalue weighted by Gasteiger charge is -2.16. The fourth-order valence-corrected chi connectivity index (χ4v) is 2.21. The number of anilines is 1. The molecule has 1 aromatic heterocycles. The maximum Gasteiger partial charge on any atom is 0.225 e. The summed E-state index contributed by atoms with van der Waals surface area (Å²) in [5, 5.41) is 2.80. The number of nitrogens with two attached hydrogens (primary N) is 1. The molecule has 0 bridgehead atoms. The van der Waals surface area contributed by atoms with Crippen LogP contribution >= 0.6 is 15.9 Å². The summed E-state index contributed by atoms with van der Waals surface area (Å²) in [6.07, 6.45) is 3.06. The zero-order valence-corrected chi connectivity index (χ0v) is 12.4. The lowest BCUT2D eigenvalue weighted by molar-refractivity contribution is -0.117. The smallest absolute Gasteiger partial charge is 0.225 e. The van der Waals surface area contributed by atoms with E-state index in [0.717, 1.165) is 10.9 Å². The lowest BCUT2D eigenvalue weighted by Crippen LogP contribution is -2.23. The standard InChI is InChI=1S/C13H20BrN3O/c1-9(2)6-10(8-15)7-12(18)17-13-11(14)4-3-5-16-13/h3-5,9-10H,6-8,15H2,1-2H3,(H,16,17,18)/t10-/m0/s1. The van der Waals surface area contributed by atoms with Gasteiger partial charge in [-0.3, -0.25) is 4.79 Å². The van der Waals surface area contributed by atoms with Crippen LogP contribution in [0.3, 0.4) is 0 Å². The van der Waals surface area contributed by atoms with Crippen LogP contribution in [0.2, 0.25) is 0 Å². The SMILES string of the molecule is CC(C)C[C@H](CN)CC(=O)Nc1ncccc1Br. The molecule has 0 aliphatic rings. The molecule has 5 heteroatoms. The van der Waals surface area contributed by atoms with E-state index in [9.17, 15) is 4.79 Å². The van der Waals surface area contributed by atoms with Crippen LogP contribution < -0.4 is 11.1 Å². The summed E-state index contributed by atoms with van der Waals surface area (Å²) < 4.78 is 0.784. The Labute approximate surface area is 116 Å². The molecular weight excluding hydrogens is 294 g/mol. The van der Waals surface area contributed by atoms with Gasteiger partial charge in [0, 0.05) is 12.6 Å². The van der Waals surface area contributed by atoms with E-state index in [-0.39, 0.29) is 11.8 Å². The lowest BCUT2D eigenvalue weighted by atomic mass is 9.94. The number of carbonyl (C=O) groups is 1. The number of hydrogen-bond donors (Lipinski definition) is 2. The van der Waals surface area contributed by atoms with Crippen molar-refractivity contribution in [1.82, 2.24) is 4.98 Å². The summed E-state index contributed by atoms with van der Waals surface area (Å²) in [6, 6.07) is 3.65. The highest BCUT2D eigenvalue weighted by Crippen LogP contribution is 2.20. The van der Waals surface area contributed by atoms with E-state index in [2.05, 4.69) is 40.1 Å². The Morgan fingerprint density at radius 2 is 2.28 bits per heavy atom. The molecule has 0 aliphatic heterocycles. The van der Waals surface area contributed by atoms with Crippen LogP contribution in [-0.2, 0) is 4.79 Å². The van der Waals surface area contributed by atoms with Gasteiger partial charge in [0.2, 0.25) is 5.91 Å². The van der Waals surface area contributed by atoms with Gasteiger partial charge in [0.25, 0.3) is 0 Å². The topological polar surface area (TPSA) is 68.0 Å². The third-order valence-electron chi connectivity index (χ3n) is 2.63. The van der Waals surface area contributed by atoms with Crippen LogP contribution in [0.5, 0.6) is 0 Å². The van der Waals surface area contributed by atoms with Crippen molar-refractivity contribution in [2.24, 2.45) is 17.6 Å². The van der Waals surface area contributed by atoms with Crippen molar-refractivity contribution in [2.45, 2.75) is 26.7 Å². The maximum atomic E-state index is 11.9. The second kappa shape index (κ2) is 7.48. The molecular formula is C13H20BrN3O. The van der Waals surface area contributed by atoms with Gasteiger partial charge in [0.1, 0.15) is 5.82 Å². The van der Waals surface area contributed by atoms with Gasteiger partial charge >= 0.3 is 0 Å². The summed E-state index contributed by atoms with van der Waals surface area (Å²) in [5.74, 6) is 1.30. The Kier molecular flexibility index (Phi) is 6.29. The molecule has 4 nitrogen and oxygen atoms in total. The highest BCUT2D eigenvalue weighted by atomic mass is 79.9. The first-order valence-electron chi connectivity index (χ1n) is 6.13. The highest BCUT2D eigenvalue weighted by molar-refractivity contribution is 9.10. The minimum Gasteiger partial charge on any atom is -0.330 e. The molecule has 1 rings (SSSR count). The van der Waals surface area contributed by atoms with E-state index in [1.807, 2.05) is 6.07 Å². The van der Waals surface area contributed by atoms with Gasteiger partial charge in [0.05, 0.1) is 4.47 Å². The number of amides is 1. The summed E-state index contributed by atoms with van der Waals surface area (Å²) in [7, 11) is 0. The molecule has 100 valence electrons. The highest BCUT2D eigenvalue weighted by Gasteiger charge is 2.15. The summed E-state index contributed by atoms with van der Waals surface area (Å²) in [4.78, 5) is 16.0. The number of carbonyl (C=O) groups excluding carboxylic acids is 1. The molecule has 1 heterocycles. The molecule has 1 amide bonds. The van der Waals surface area contributed by atoms with Crippen LogP contribution in [0.15, 0.2) is 22.8 Å². The minimum atomic E-state index is -0.0366. The number of nitrogens with one attached hydrogen (secondary N) is 1. The molecule has 0 saturated carbocycles. The van der Waals surface area contributed by atoms with E-state index in [1.165, 1.54) is 0 Å². The fraction of sp³-hybridized carbons (Fsp3) is 0.538. The zero-order valence-electron chi connectivity index (χ0n) is 10.8. The number of rotatable bonds is 6. The van der Waals surface area contributed by atoms with Gasteiger partial charge in [-0.2, -0.15) is 0 Å². The van der Waals surface area contributed by atoms with Crippen LogP contribution in [0.1, 0.15) is 26.7 Å². The van der Waals surface area contributed by atoms with Crippen LogP contribution in [0.25, 0.3) is 0 Å². The van der Waals surface area contributed by atoms with E-state index in [4.69, 9.17) is 5.73 Å². The predicted octanol–water partition coefficient (Wildman–Crippen LogP) is 2.79. The number of pyridine rings is 1. The van der Waals surface area contributed by atoms with Gasteiger partial charge in [-0.15, -0.1) is 0 Å². The second-order valence-electron chi connectivity index (χ2n) is 4.82. The van der Waals surface area contributed by atoms with Gasteiger partial charge in [-0.05, 0) is 52.9 Å². The molecule has 18 heavy (non-hydrogen) atoms. The maximum absolute atomic E-state index is 11.9. The average molecular weight is 314 g/mol. The van der Waals surface area contributed by atoms with Crippen molar-refractivity contribution < 1.29 is 4.79 Å². The Morgan fingerprint density at radius 3 is 2.83 bits per heavy atom. The predicted molar refractivity (Wildman–Crippen MR) is 77.2 cm³/mol. The molecule has 1 atom stereocenters. The zero-order chi connectivity index (χ0) is 13.5. The van der Waals surface area contributed by atoms with Gasteiger partial charge in [-0.25, -0.2) is 4.98 Å². The Hall–Kier alpha value is -0.940. The van der Waals surface area contributed by atoms with Crippen molar-refractivity contribution in [3.8, 4) is 0 Å². The molecule has 3 N–H and O–H groups in total. The summed E-state index contributed by atoms with van der Waals surface area (Å²) >= 11 is 3.35. The van der Waals surface area contributed by atoms with Crippen molar-refractivity contribution in [3.05, 3.63) is 22.8 Å². The summed E-state index contributed by atoms with van der Waals surface area (Å²) in [6.45, 7) is 4.81. The molecule has 0 fully saturated rings. The number of nitrogens with zero attached hydrogens (tertiary/aromatic N) is 1. The van der Waals surface area contributed by atoms with E-state index in [0.29, 0.717) is 24.7 Å². The van der Waals surface area contributed by atoms with E-state index in [1.54, 1.807) is 12.3 Å². The molecule has 0 aromatic carbocycles. The Balaban J connectivity index is 2.53. The first-order valence-corrected chi connectivity index (χ1v) is 6.92. The van der Waals surface area contributed by atoms with Crippen molar-refractivity contribution in [1.29, 1.82) is 0 Å². The third kappa shape index (κ3) is 5.14. The Morgan fingerprint density at radius 1 is 1.56 bits per heavy atom. The number of halogens is 1. The monoisotopic (exact) mass is 313 g/mol. The molecule has 0 aliphatic carbocycles. The fourth-order valence-electron chi connectivity index (χ4n) is 1.85. The quantitative estimate of drug-likeness (QED) is 0.848. The number of aromatic nitrogens is 1. The third-order valence-corrected chi connectivity index (χ3v) is 3.27. The van der Waals surface area contributed by atoms with Crippen LogP contribution in [0, 0.1) is 11.8 Å². The van der Waals surface area contributed by atoms with E-state index < -0.39 is 0 Å². The van der Waals surface area contributed by atoms with Gasteiger partial charge in [0.15, 0.2) is 0 Å². The normalized spacial score (nSPS) is 12.5. The molecule has 0 saturated heterocycles. The van der Waals surface area contributed by atoms with Crippen molar-refractivity contribution in [2.75, 3.05) is 11.9 Å². The molecule has 1 aromatic rings. The van der Waals surface area contributed by atoms with Crippen molar-refractivity contribution in [3.63, 3.8) is 0 Å². The van der Waals surface area contributed by atoms with E-state index >= 15 is 0 Å². The Bertz CT molecular complexity index is 396. The van der Waals surface area contributed by atoms with Crippen LogP contribution in [-0.4, -0.2) is 17.4 Å².